The number of nitriles is 1. The summed E-state index contributed by atoms with van der Waals surface area (Å²) in [6, 6.07) is 16.3. The third-order valence-corrected chi connectivity index (χ3v) is 5.18. The van der Waals surface area contributed by atoms with E-state index >= 15 is 0 Å². The predicted molar refractivity (Wildman–Crippen MR) is 118 cm³/mol. The molecule has 1 aliphatic rings. The van der Waals surface area contributed by atoms with Crippen LogP contribution in [-0.2, 0) is 6.54 Å². The summed E-state index contributed by atoms with van der Waals surface area (Å²) in [5, 5.41) is 23.2. The van der Waals surface area contributed by atoms with E-state index in [1.807, 2.05) is 37.4 Å². The molecule has 8 nitrogen and oxygen atoms in total. The Morgan fingerprint density at radius 2 is 2.03 bits per heavy atom. The first-order valence-corrected chi connectivity index (χ1v) is 10.4. The van der Waals surface area contributed by atoms with E-state index < -0.39 is 0 Å². The fraction of sp³-hybridized carbons (Fsp3) is 0.238. The normalized spacial score (nSPS) is 13.4. The highest BCUT2D eigenvalue weighted by atomic mass is 32.2. The molecule has 154 valence electrons. The number of likely N-dealkylation sites (N-methyl/N-ethyl adjacent to an activating group) is 1. The van der Waals surface area contributed by atoms with Crippen LogP contribution in [0.2, 0.25) is 0 Å². The van der Waals surface area contributed by atoms with Gasteiger partial charge in [0.25, 0.3) is 0 Å². The lowest BCUT2D eigenvalue weighted by Gasteiger charge is -2.23. The van der Waals surface area contributed by atoms with Gasteiger partial charge in [-0.1, -0.05) is 36.0 Å². The van der Waals surface area contributed by atoms with Gasteiger partial charge in [-0.3, -0.25) is 4.79 Å². The van der Waals surface area contributed by atoms with Crippen molar-refractivity contribution in [2.45, 2.75) is 6.54 Å². The number of thioether (sulfide) groups is 1. The number of carbonyl (C=O) groups excluding carboxylic acids is 2. The van der Waals surface area contributed by atoms with Gasteiger partial charge < -0.3 is 16.0 Å². The van der Waals surface area contributed by atoms with Crippen molar-refractivity contribution in [3.8, 4) is 6.07 Å². The van der Waals surface area contributed by atoms with E-state index in [0.29, 0.717) is 36.6 Å². The van der Waals surface area contributed by atoms with Gasteiger partial charge in [0, 0.05) is 24.5 Å². The first-order chi connectivity index (χ1) is 14.6. The highest BCUT2D eigenvalue weighted by molar-refractivity contribution is 8.14. The number of urea groups is 1. The van der Waals surface area contributed by atoms with Gasteiger partial charge in [0.2, 0.25) is 0 Å². The fourth-order valence-electron chi connectivity index (χ4n) is 2.79. The largest absolute Gasteiger partial charge is 0.337 e. The molecule has 0 fully saturated rings. The van der Waals surface area contributed by atoms with Gasteiger partial charge in [-0.15, -0.1) is 0 Å². The molecule has 0 spiro atoms. The fourth-order valence-corrected chi connectivity index (χ4v) is 3.53. The van der Waals surface area contributed by atoms with Crippen molar-refractivity contribution in [1.29, 1.82) is 5.26 Å². The maximum atomic E-state index is 12.3. The van der Waals surface area contributed by atoms with Gasteiger partial charge in [0.1, 0.15) is 0 Å². The van der Waals surface area contributed by atoms with Crippen LogP contribution >= 0.6 is 11.8 Å². The quantitative estimate of drug-likeness (QED) is 0.594. The van der Waals surface area contributed by atoms with Crippen LogP contribution < -0.4 is 16.0 Å². The first kappa shape index (κ1) is 21.4. The van der Waals surface area contributed by atoms with Crippen molar-refractivity contribution in [3.63, 3.8) is 0 Å². The number of hydrogen-bond donors (Lipinski definition) is 3. The number of nitrogens with one attached hydrogen (secondary N) is 3. The lowest BCUT2D eigenvalue weighted by molar-refractivity contribution is 0.222. The third kappa shape index (κ3) is 5.83. The molecule has 9 heteroatoms. The van der Waals surface area contributed by atoms with Crippen molar-refractivity contribution in [2.75, 3.05) is 31.2 Å². The molecule has 30 heavy (non-hydrogen) atoms. The Bertz CT molecular complexity index is 984. The molecule has 1 heterocycles. The average Bonchev–Trinajstić information content (AvgIpc) is 2.76. The Kier molecular flexibility index (Phi) is 7.43. The number of hydrogen-bond acceptors (Lipinski definition) is 6. The number of amides is 3. The number of rotatable bonds is 7. The minimum absolute atomic E-state index is 0.129. The summed E-state index contributed by atoms with van der Waals surface area (Å²) in [7, 11) is 1.82. The number of anilines is 1. The van der Waals surface area contributed by atoms with E-state index in [-0.39, 0.29) is 11.3 Å². The molecule has 0 aliphatic carbocycles. The smallest absolute Gasteiger partial charge is 0.319 e. The van der Waals surface area contributed by atoms with Crippen molar-refractivity contribution in [3.05, 3.63) is 65.2 Å². The van der Waals surface area contributed by atoms with Gasteiger partial charge >= 0.3 is 11.3 Å². The summed E-state index contributed by atoms with van der Waals surface area (Å²) in [5.74, 6) is 0.482. The van der Waals surface area contributed by atoms with E-state index in [1.54, 1.807) is 18.2 Å². The van der Waals surface area contributed by atoms with Gasteiger partial charge in [-0.05, 0) is 42.4 Å². The van der Waals surface area contributed by atoms with E-state index in [0.717, 1.165) is 16.8 Å². The van der Waals surface area contributed by atoms with Crippen LogP contribution in [0.1, 0.15) is 16.7 Å². The summed E-state index contributed by atoms with van der Waals surface area (Å²) >= 11 is 1.19. The zero-order valence-electron chi connectivity index (χ0n) is 16.5. The molecular weight excluding hydrogens is 400 g/mol. The minimum atomic E-state index is -0.284. The first-order valence-electron chi connectivity index (χ1n) is 9.40. The van der Waals surface area contributed by atoms with Crippen molar-refractivity contribution >= 4 is 34.4 Å². The van der Waals surface area contributed by atoms with E-state index in [1.165, 1.54) is 16.8 Å². The van der Waals surface area contributed by atoms with Crippen molar-refractivity contribution in [2.24, 2.45) is 5.10 Å². The molecule has 2 aromatic carbocycles. The zero-order chi connectivity index (χ0) is 21.3. The summed E-state index contributed by atoms with van der Waals surface area (Å²) in [6.07, 6.45) is 0. The molecule has 0 saturated heterocycles. The molecule has 2 aromatic rings. The molecule has 3 amide bonds. The second-order valence-corrected chi connectivity index (χ2v) is 7.46. The minimum Gasteiger partial charge on any atom is -0.337 e. The third-order valence-electron chi connectivity index (χ3n) is 4.31. The SMILES string of the molecule is CNCCNC(=O)Nc1cccc(CN2N=C(c3ccc(C#N)cc3)CSC2=O)c1. The standard InChI is InChI=1S/C21H22N6O2S/c1-23-9-10-24-20(28)25-18-4-2-3-16(11-18)13-27-21(29)30-14-19(26-27)17-7-5-15(12-22)6-8-17/h2-8,11,23H,9-10,13-14H2,1H3,(H2,24,25,28). The molecule has 0 saturated carbocycles. The second-order valence-electron chi connectivity index (χ2n) is 6.53. The summed E-state index contributed by atoms with van der Waals surface area (Å²) < 4.78 is 0. The molecule has 0 bridgehead atoms. The Balaban J connectivity index is 1.69. The van der Waals surface area contributed by atoms with Gasteiger partial charge in [-0.25, -0.2) is 9.80 Å². The number of nitrogens with zero attached hydrogens (tertiary/aromatic N) is 3. The molecule has 0 radical (unpaired) electrons. The monoisotopic (exact) mass is 422 g/mol. The zero-order valence-corrected chi connectivity index (χ0v) is 17.3. The molecule has 0 unspecified atom stereocenters. The number of carbonyl (C=O) groups is 2. The van der Waals surface area contributed by atoms with Crippen LogP contribution in [0.25, 0.3) is 0 Å². The van der Waals surface area contributed by atoms with Crippen LogP contribution in [0, 0.1) is 11.3 Å². The maximum Gasteiger partial charge on any atom is 0.319 e. The lowest BCUT2D eigenvalue weighted by atomic mass is 10.1. The molecule has 3 N–H and O–H groups in total. The number of benzene rings is 2. The van der Waals surface area contributed by atoms with E-state index in [2.05, 4.69) is 27.1 Å². The molecular formula is C21H22N6O2S. The Hall–Kier alpha value is -3.35. The van der Waals surface area contributed by atoms with Gasteiger partial charge in [-0.2, -0.15) is 10.4 Å². The molecule has 1 aliphatic heterocycles. The van der Waals surface area contributed by atoms with Crippen LogP contribution in [0.15, 0.2) is 53.6 Å². The lowest BCUT2D eigenvalue weighted by Crippen LogP contribution is -2.33. The molecule has 3 rings (SSSR count). The molecule has 0 atom stereocenters. The molecule has 0 aromatic heterocycles. The maximum absolute atomic E-state index is 12.3. The summed E-state index contributed by atoms with van der Waals surface area (Å²) in [4.78, 5) is 24.3. The highest BCUT2D eigenvalue weighted by Gasteiger charge is 2.22. The number of hydrazone groups is 1. The van der Waals surface area contributed by atoms with Gasteiger partial charge in [0.15, 0.2) is 0 Å². The average molecular weight is 423 g/mol. The van der Waals surface area contributed by atoms with Crippen LogP contribution in [0.4, 0.5) is 15.3 Å². The summed E-state index contributed by atoms with van der Waals surface area (Å²) in [5.41, 5.74) is 3.73. The van der Waals surface area contributed by atoms with Crippen LogP contribution in [0.3, 0.4) is 0 Å². The van der Waals surface area contributed by atoms with Gasteiger partial charge in [0.05, 0.1) is 23.9 Å². The topological polar surface area (TPSA) is 110 Å². The Morgan fingerprint density at radius 3 is 2.77 bits per heavy atom. The van der Waals surface area contributed by atoms with Crippen molar-refractivity contribution < 1.29 is 9.59 Å². The van der Waals surface area contributed by atoms with Crippen LogP contribution in [-0.4, -0.2) is 47.9 Å². The van der Waals surface area contributed by atoms with E-state index in [4.69, 9.17) is 5.26 Å². The second kappa shape index (κ2) is 10.4. The Morgan fingerprint density at radius 1 is 1.23 bits per heavy atom. The predicted octanol–water partition coefficient (Wildman–Crippen LogP) is 2.97. The summed E-state index contributed by atoms with van der Waals surface area (Å²) in [6.45, 7) is 1.50. The Labute approximate surface area is 179 Å². The highest BCUT2D eigenvalue weighted by Crippen LogP contribution is 2.23. The van der Waals surface area contributed by atoms with Crippen molar-refractivity contribution in [1.82, 2.24) is 15.6 Å². The van der Waals surface area contributed by atoms with E-state index in [9.17, 15) is 9.59 Å². The van der Waals surface area contributed by atoms with Crippen LogP contribution in [0.5, 0.6) is 0 Å².